The highest BCUT2D eigenvalue weighted by Gasteiger charge is 2.24. The largest absolute Gasteiger partial charge is 0.454 e. The number of hydrogen-bond donors (Lipinski definition) is 1. The van der Waals surface area contributed by atoms with Gasteiger partial charge in [-0.15, -0.1) is 0 Å². The number of nitrogens with zero attached hydrogens (tertiary/aromatic N) is 5. The van der Waals surface area contributed by atoms with Crippen molar-refractivity contribution in [2.75, 3.05) is 50.2 Å². The monoisotopic (exact) mass is 492 g/mol. The van der Waals surface area contributed by atoms with Gasteiger partial charge < -0.3 is 24.6 Å². The molecule has 4 heterocycles. The molecular formula is C24H24N6O4S. The number of aromatic nitrogens is 3. The van der Waals surface area contributed by atoms with E-state index in [0.29, 0.717) is 22.8 Å². The van der Waals surface area contributed by atoms with Crippen molar-refractivity contribution < 1.29 is 17.9 Å². The van der Waals surface area contributed by atoms with Gasteiger partial charge in [-0.3, -0.25) is 0 Å². The van der Waals surface area contributed by atoms with E-state index in [2.05, 4.69) is 44.3 Å². The predicted octanol–water partition coefficient (Wildman–Crippen LogP) is 2.89. The van der Waals surface area contributed by atoms with Crippen LogP contribution in [0.25, 0.3) is 11.0 Å². The summed E-state index contributed by atoms with van der Waals surface area (Å²) in [5, 5.41) is 3.80. The first-order chi connectivity index (χ1) is 17.0. The molecule has 11 heteroatoms. The summed E-state index contributed by atoms with van der Waals surface area (Å²) in [6.45, 7) is 4.16. The highest BCUT2D eigenvalue weighted by atomic mass is 32.2. The fourth-order valence-corrected chi connectivity index (χ4v) is 5.57. The van der Waals surface area contributed by atoms with Crippen LogP contribution in [-0.4, -0.2) is 67.3 Å². The Morgan fingerprint density at radius 2 is 1.71 bits per heavy atom. The van der Waals surface area contributed by atoms with Gasteiger partial charge in [-0.1, -0.05) is 0 Å². The minimum atomic E-state index is -3.90. The van der Waals surface area contributed by atoms with E-state index in [1.807, 2.05) is 12.1 Å². The third-order valence-electron chi connectivity index (χ3n) is 6.29. The number of piperazine rings is 1. The van der Waals surface area contributed by atoms with Gasteiger partial charge >= 0.3 is 0 Å². The van der Waals surface area contributed by atoms with Crippen molar-refractivity contribution >= 4 is 38.4 Å². The van der Waals surface area contributed by atoms with Crippen LogP contribution in [-0.2, 0) is 10.0 Å². The fraction of sp³-hybridized carbons (Fsp3) is 0.250. The van der Waals surface area contributed by atoms with E-state index in [0.717, 1.165) is 35.8 Å². The number of ether oxygens (including phenoxy) is 2. The molecule has 0 unspecified atom stereocenters. The summed E-state index contributed by atoms with van der Waals surface area (Å²) in [6.07, 6.45) is 3.09. The highest BCUT2D eigenvalue weighted by molar-refractivity contribution is 7.90. The van der Waals surface area contributed by atoms with Gasteiger partial charge in [0.2, 0.25) is 12.7 Å². The summed E-state index contributed by atoms with van der Waals surface area (Å²) >= 11 is 0. The van der Waals surface area contributed by atoms with Crippen LogP contribution in [0, 0.1) is 0 Å². The maximum atomic E-state index is 13.4. The zero-order valence-corrected chi connectivity index (χ0v) is 19.9. The van der Waals surface area contributed by atoms with Gasteiger partial charge in [-0.05, 0) is 49.5 Å². The number of benzene rings is 2. The van der Waals surface area contributed by atoms with Crippen LogP contribution >= 0.6 is 0 Å². The standard InChI is InChI=1S/C24H24N6O4S/c1-28-10-12-29(13-11-28)19-4-2-18(3-5-19)26-24-25-15-17-8-9-30(23(17)27-24)35(31,32)20-6-7-21-22(14-20)34-16-33-21/h2-9,14-15H,10-13,16H2,1H3,(H,25,26,27). The molecule has 0 spiro atoms. The Morgan fingerprint density at radius 1 is 0.943 bits per heavy atom. The Balaban J connectivity index is 1.26. The normalized spacial score (nSPS) is 16.1. The number of rotatable bonds is 5. The third kappa shape index (κ3) is 4.02. The molecule has 2 aromatic heterocycles. The summed E-state index contributed by atoms with van der Waals surface area (Å²) in [5.74, 6) is 1.24. The SMILES string of the molecule is CN1CCN(c2ccc(Nc3ncc4ccn(S(=O)(=O)c5ccc6c(c5)OCO6)c4n3)cc2)CC1. The first-order valence-electron chi connectivity index (χ1n) is 11.3. The lowest BCUT2D eigenvalue weighted by molar-refractivity contribution is 0.174. The Kier molecular flexibility index (Phi) is 5.23. The highest BCUT2D eigenvalue weighted by Crippen LogP contribution is 2.35. The van der Waals surface area contributed by atoms with Gasteiger partial charge in [-0.2, -0.15) is 4.98 Å². The van der Waals surface area contributed by atoms with Gasteiger partial charge in [-0.25, -0.2) is 17.4 Å². The summed E-state index contributed by atoms with van der Waals surface area (Å²) in [5.41, 5.74) is 2.27. The third-order valence-corrected chi connectivity index (χ3v) is 7.95. The topological polar surface area (TPSA) is 102 Å². The Morgan fingerprint density at radius 3 is 2.51 bits per heavy atom. The molecule has 0 amide bonds. The molecule has 2 aliphatic rings. The lowest BCUT2D eigenvalue weighted by Gasteiger charge is -2.34. The van der Waals surface area contributed by atoms with E-state index in [1.54, 1.807) is 18.3 Å². The number of likely N-dealkylation sites (N-methyl/N-ethyl adjacent to an activating group) is 1. The molecule has 0 bridgehead atoms. The lowest BCUT2D eigenvalue weighted by atomic mass is 10.2. The van der Waals surface area contributed by atoms with Crippen molar-refractivity contribution in [2.45, 2.75) is 4.90 Å². The predicted molar refractivity (Wildman–Crippen MR) is 132 cm³/mol. The first kappa shape index (κ1) is 21.7. The molecule has 10 nitrogen and oxygen atoms in total. The van der Waals surface area contributed by atoms with Gasteiger partial charge in [0.05, 0.1) is 4.90 Å². The van der Waals surface area contributed by atoms with Crippen molar-refractivity contribution in [3.8, 4) is 11.5 Å². The Labute approximate surface area is 202 Å². The second kappa shape index (κ2) is 8.43. The van der Waals surface area contributed by atoms with Crippen molar-refractivity contribution in [1.29, 1.82) is 0 Å². The van der Waals surface area contributed by atoms with Gasteiger partial charge in [0.15, 0.2) is 17.1 Å². The molecule has 1 saturated heterocycles. The zero-order chi connectivity index (χ0) is 24.0. The van der Waals surface area contributed by atoms with Crippen LogP contribution < -0.4 is 19.7 Å². The number of fused-ring (bicyclic) bond motifs is 2. The minimum absolute atomic E-state index is 0.0733. The van der Waals surface area contributed by atoms with E-state index in [1.165, 1.54) is 24.0 Å². The summed E-state index contributed by atoms with van der Waals surface area (Å²) in [6, 6.07) is 14.3. The van der Waals surface area contributed by atoms with E-state index in [-0.39, 0.29) is 17.3 Å². The second-order valence-corrected chi connectivity index (χ2v) is 10.4. The molecule has 0 atom stereocenters. The van der Waals surface area contributed by atoms with Crippen molar-refractivity contribution in [2.24, 2.45) is 0 Å². The van der Waals surface area contributed by atoms with Crippen LogP contribution in [0.3, 0.4) is 0 Å². The van der Waals surface area contributed by atoms with Gasteiger partial charge in [0.1, 0.15) is 0 Å². The number of anilines is 3. The number of hydrogen-bond acceptors (Lipinski definition) is 9. The molecule has 2 aromatic carbocycles. The summed E-state index contributed by atoms with van der Waals surface area (Å²) in [4.78, 5) is 13.6. The van der Waals surface area contributed by atoms with Crippen molar-refractivity contribution in [3.05, 3.63) is 60.9 Å². The Hall–Kier alpha value is -3.83. The van der Waals surface area contributed by atoms with Gasteiger partial charge in [0.25, 0.3) is 10.0 Å². The van der Waals surface area contributed by atoms with E-state index >= 15 is 0 Å². The van der Waals surface area contributed by atoms with Crippen LogP contribution in [0.1, 0.15) is 0 Å². The van der Waals surface area contributed by atoms with Gasteiger partial charge in [0, 0.05) is 61.4 Å². The molecule has 1 N–H and O–H groups in total. The molecule has 0 saturated carbocycles. The quantitative estimate of drug-likeness (QED) is 0.451. The molecule has 180 valence electrons. The van der Waals surface area contributed by atoms with E-state index < -0.39 is 10.0 Å². The minimum Gasteiger partial charge on any atom is -0.454 e. The molecule has 4 aromatic rings. The summed E-state index contributed by atoms with van der Waals surface area (Å²) < 4.78 is 38.5. The average molecular weight is 493 g/mol. The molecular weight excluding hydrogens is 468 g/mol. The molecule has 2 aliphatic heterocycles. The van der Waals surface area contributed by atoms with Crippen LogP contribution in [0.4, 0.5) is 17.3 Å². The molecule has 6 rings (SSSR count). The maximum absolute atomic E-state index is 13.4. The van der Waals surface area contributed by atoms with E-state index in [4.69, 9.17) is 9.47 Å². The molecule has 0 radical (unpaired) electrons. The fourth-order valence-electron chi connectivity index (χ4n) is 4.25. The first-order valence-corrected chi connectivity index (χ1v) is 12.7. The van der Waals surface area contributed by atoms with Crippen LogP contribution in [0.15, 0.2) is 65.8 Å². The van der Waals surface area contributed by atoms with Crippen molar-refractivity contribution in [3.63, 3.8) is 0 Å². The smallest absolute Gasteiger partial charge is 0.269 e. The Bertz CT molecular complexity index is 1490. The second-order valence-electron chi connectivity index (χ2n) is 8.57. The number of nitrogens with one attached hydrogen (secondary N) is 1. The zero-order valence-electron chi connectivity index (χ0n) is 19.1. The molecule has 1 fully saturated rings. The average Bonchev–Trinajstić information content (AvgIpc) is 3.52. The van der Waals surface area contributed by atoms with Crippen molar-refractivity contribution in [1.82, 2.24) is 18.8 Å². The lowest BCUT2D eigenvalue weighted by Crippen LogP contribution is -2.44. The summed E-state index contributed by atoms with van der Waals surface area (Å²) in [7, 11) is -1.76. The van der Waals surface area contributed by atoms with E-state index in [9.17, 15) is 8.42 Å². The maximum Gasteiger partial charge on any atom is 0.269 e. The van der Waals surface area contributed by atoms with Crippen LogP contribution in [0.5, 0.6) is 11.5 Å². The van der Waals surface area contributed by atoms with Crippen LogP contribution in [0.2, 0.25) is 0 Å². The molecule has 35 heavy (non-hydrogen) atoms. The molecule has 0 aliphatic carbocycles.